The van der Waals surface area contributed by atoms with Crippen LogP contribution in [0.15, 0.2) is 35.1 Å². The molecule has 4 rings (SSSR count). The number of nitrogens with zero attached hydrogens (tertiary/aromatic N) is 7. The summed E-state index contributed by atoms with van der Waals surface area (Å²) in [5.74, 6) is 1.98. The summed E-state index contributed by atoms with van der Waals surface area (Å²) in [6.07, 6.45) is 3.24. The predicted molar refractivity (Wildman–Crippen MR) is 99.6 cm³/mol. The van der Waals surface area contributed by atoms with Crippen LogP contribution in [-0.2, 0) is 6.54 Å². The number of hydrogen-bond acceptors (Lipinski definition) is 7. The van der Waals surface area contributed by atoms with Crippen LogP contribution < -0.4 is 0 Å². The molecular weight excluding hydrogens is 358 g/mol. The van der Waals surface area contributed by atoms with Gasteiger partial charge in [0.2, 0.25) is 5.89 Å². The number of benzene rings is 1. The molecule has 3 heterocycles. The first-order chi connectivity index (χ1) is 13.6. The Morgan fingerprint density at radius 2 is 1.96 bits per heavy atom. The second kappa shape index (κ2) is 7.87. The molecule has 0 radical (unpaired) electrons. The van der Waals surface area contributed by atoms with E-state index < -0.39 is 0 Å². The van der Waals surface area contributed by atoms with Gasteiger partial charge in [0.15, 0.2) is 5.82 Å². The van der Waals surface area contributed by atoms with E-state index in [1.807, 2.05) is 43.0 Å². The normalized spacial score (nSPS) is 15.3. The van der Waals surface area contributed by atoms with E-state index in [0.717, 1.165) is 24.2 Å². The van der Waals surface area contributed by atoms with E-state index >= 15 is 0 Å². The molecule has 0 unspecified atom stereocenters. The Kier molecular flexibility index (Phi) is 5.14. The van der Waals surface area contributed by atoms with E-state index in [0.29, 0.717) is 31.1 Å². The van der Waals surface area contributed by atoms with E-state index in [-0.39, 0.29) is 17.7 Å². The predicted octanol–water partition coefficient (Wildman–Crippen LogP) is 2.25. The number of rotatable bonds is 5. The maximum atomic E-state index is 12.8. The van der Waals surface area contributed by atoms with Crippen LogP contribution >= 0.6 is 0 Å². The molecule has 1 fully saturated rings. The summed E-state index contributed by atoms with van der Waals surface area (Å²) in [5.41, 5.74) is 1.73. The average molecular weight is 381 g/mol. The fourth-order valence-electron chi connectivity index (χ4n) is 3.35. The molecule has 3 aromatic rings. The SMILES string of the molecule is CC(C)c1noc(C2CCN(C(=O)c3ccc(Cn4cnnn4)cc3)CC2)n1. The molecule has 0 bridgehead atoms. The number of piperidine rings is 1. The van der Waals surface area contributed by atoms with Gasteiger partial charge in [-0.15, -0.1) is 5.10 Å². The number of tetrazole rings is 1. The minimum atomic E-state index is 0.0563. The minimum Gasteiger partial charge on any atom is -0.339 e. The van der Waals surface area contributed by atoms with Crippen molar-refractivity contribution < 1.29 is 9.32 Å². The molecule has 2 aromatic heterocycles. The van der Waals surface area contributed by atoms with Gasteiger partial charge < -0.3 is 9.42 Å². The number of amides is 1. The quantitative estimate of drug-likeness (QED) is 0.668. The molecule has 9 nitrogen and oxygen atoms in total. The highest BCUT2D eigenvalue weighted by Gasteiger charge is 2.28. The number of aromatic nitrogens is 6. The third kappa shape index (κ3) is 3.92. The van der Waals surface area contributed by atoms with Crippen molar-refractivity contribution in [3.8, 4) is 0 Å². The first-order valence-electron chi connectivity index (χ1n) is 9.52. The van der Waals surface area contributed by atoms with Gasteiger partial charge in [-0.2, -0.15) is 4.98 Å². The van der Waals surface area contributed by atoms with Crippen molar-refractivity contribution in [1.82, 2.24) is 35.2 Å². The van der Waals surface area contributed by atoms with Gasteiger partial charge >= 0.3 is 0 Å². The standard InChI is InChI=1S/C19H23N7O2/c1-13(2)17-21-18(28-22-17)15-7-9-25(10-8-15)19(27)16-5-3-14(4-6-16)11-26-12-20-23-24-26/h3-6,12-13,15H,7-11H2,1-2H3. The second-order valence-electron chi connectivity index (χ2n) is 7.42. The Morgan fingerprint density at radius 1 is 1.21 bits per heavy atom. The van der Waals surface area contributed by atoms with Gasteiger partial charge in [0.05, 0.1) is 6.54 Å². The number of likely N-dealkylation sites (tertiary alicyclic amines) is 1. The molecule has 28 heavy (non-hydrogen) atoms. The van der Waals surface area contributed by atoms with E-state index in [2.05, 4.69) is 25.7 Å². The molecule has 0 saturated carbocycles. The highest BCUT2D eigenvalue weighted by Crippen LogP contribution is 2.28. The van der Waals surface area contributed by atoms with Gasteiger partial charge in [-0.1, -0.05) is 31.1 Å². The van der Waals surface area contributed by atoms with Crippen molar-refractivity contribution in [3.05, 3.63) is 53.4 Å². The Bertz CT molecular complexity index is 910. The Balaban J connectivity index is 1.34. The summed E-state index contributed by atoms with van der Waals surface area (Å²) in [6, 6.07) is 7.60. The highest BCUT2D eigenvalue weighted by atomic mass is 16.5. The van der Waals surface area contributed by atoms with Crippen molar-refractivity contribution in [3.63, 3.8) is 0 Å². The van der Waals surface area contributed by atoms with Gasteiger partial charge in [0.25, 0.3) is 5.91 Å². The van der Waals surface area contributed by atoms with Crippen molar-refractivity contribution in [1.29, 1.82) is 0 Å². The van der Waals surface area contributed by atoms with Crippen LogP contribution in [0.2, 0.25) is 0 Å². The van der Waals surface area contributed by atoms with Crippen molar-refractivity contribution in [2.75, 3.05) is 13.1 Å². The largest absolute Gasteiger partial charge is 0.339 e. The van der Waals surface area contributed by atoms with Crippen LogP contribution in [0.3, 0.4) is 0 Å². The van der Waals surface area contributed by atoms with Crippen LogP contribution in [0.5, 0.6) is 0 Å². The molecule has 9 heteroatoms. The molecule has 1 aromatic carbocycles. The van der Waals surface area contributed by atoms with Gasteiger partial charge in [0, 0.05) is 30.5 Å². The third-order valence-electron chi connectivity index (χ3n) is 5.04. The minimum absolute atomic E-state index is 0.0563. The lowest BCUT2D eigenvalue weighted by atomic mass is 9.96. The summed E-state index contributed by atoms with van der Waals surface area (Å²) < 4.78 is 7.06. The monoisotopic (exact) mass is 381 g/mol. The fraction of sp³-hybridized carbons (Fsp3) is 0.474. The van der Waals surface area contributed by atoms with Gasteiger partial charge in [-0.25, -0.2) is 4.68 Å². The summed E-state index contributed by atoms with van der Waals surface area (Å²) >= 11 is 0. The highest BCUT2D eigenvalue weighted by molar-refractivity contribution is 5.94. The van der Waals surface area contributed by atoms with Crippen LogP contribution in [0.4, 0.5) is 0 Å². The lowest BCUT2D eigenvalue weighted by Crippen LogP contribution is -2.38. The summed E-state index contributed by atoms with van der Waals surface area (Å²) in [7, 11) is 0. The molecule has 0 aliphatic carbocycles. The lowest BCUT2D eigenvalue weighted by molar-refractivity contribution is 0.0704. The molecule has 1 aliphatic rings. The zero-order chi connectivity index (χ0) is 19.5. The first kappa shape index (κ1) is 18.3. The van der Waals surface area contributed by atoms with Crippen LogP contribution in [0.25, 0.3) is 0 Å². The lowest BCUT2D eigenvalue weighted by Gasteiger charge is -2.30. The Hall–Kier alpha value is -3.10. The molecule has 1 aliphatic heterocycles. The summed E-state index contributed by atoms with van der Waals surface area (Å²) in [5, 5.41) is 15.1. The molecular formula is C19H23N7O2. The zero-order valence-electron chi connectivity index (χ0n) is 16.0. The van der Waals surface area contributed by atoms with Gasteiger partial charge in [-0.05, 0) is 41.0 Å². The number of hydrogen-bond donors (Lipinski definition) is 0. The maximum absolute atomic E-state index is 12.8. The summed E-state index contributed by atoms with van der Waals surface area (Å²) in [6.45, 7) is 6.05. The van der Waals surface area contributed by atoms with Gasteiger partial charge in [-0.3, -0.25) is 4.79 Å². The molecule has 0 atom stereocenters. The maximum Gasteiger partial charge on any atom is 0.253 e. The molecule has 1 amide bonds. The third-order valence-corrected chi connectivity index (χ3v) is 5.04. The van der Waals surface area contributed by atoms with Crippen LogP contribution in [0.1, 0.15) is 66.2 Å². The topological polar surface area (TPSA) is 103 Å². The van der Waals surface area contributed by atoms with Crippen molar-refractivity contribution in [2.45, 2.75) is 45.1 Å². The summed E-state index contributed by atoms with van der Waals surface area (Å²) in [4.78, 5) is 19.2. The number of carbonyl (C=O) groups is 1. The van der Waals surface area contributed by atoms with E-state index in [1.54, 1.807) is 11.0 Å². The van der Waals surface area contributed by atoms with Crippen LogP contribution in [-0.4, -0.2) is 54.2 Å². The number of carbonyl (C=O) groups excluding carboxylic acids is 1. The van der Waals surface area contributed by atoms with E-state index in [4.69, 9.17) is 4.52 Å². The molecule has 0 spiro atoms. The van der Waals surface area contributed by atoms with E-state index in [9.17, 15) is 4.79 Å². The fourth-order valence-corrected chi connectivity index (χ4v) is 3.35. The van der Waals surface area contributed by atoms with Crippen LogP contribution in [0, 0.1) is 0 Å². The average Bonchev–Trinajstić information content (AvgIpc) is 3.40. The Morgan fingerprint density at radius 3 is 2.57 bits per heavy atom. The molecule has 146 valence electrons. The van der Waals surface area contributed by atoms with E-state index in [1.165, 1.54) is 0 Å². The first-order valence-corrected chi connectivity index (χ1v) is 9.52. The van der Waals surface area contributed by atoms with Crippen molar-refractivity contribution in [2.24, 2.45) is 0 Å². The molecule has 1 saturated heterocycles. The van der Waals surface area contributed by atoms with Crippen molar-refractivity contribution >= 4 is 5.91 Å². The molecule has 0 N–H and O–H groups in total. The van der Waals surface area contributed by atoms with Gasteiger partial charge in [0.1, 0.15) is 6.33 Å². The second-order valence-corrected chi connectivity index (χ2v) is 7.42. The Labute approximate surface area is 162 Å². The smallest absolute Gasteiger partial charge is 0.253 e. The zero-order valence-corrected chi connectivity index (χ0v) is 16.0.